The first-order chi connectivity index (χ1) is 22.8. The van der Waals surface area contributed by atoms with Crippen molar-refractivity contribution in [2.24, 2.45) is 5.41 Å². The molecule has 0 aliphatic rings. The Morgan fingerprint density at radius 2 is 0.702 bits per heavy atom. The van der Waals surface area contributed by atoms with E-state index in [1.807, 2.05) is 12.2 Å². The van der Waals surface area contributed by atoms with E-state index in [0.717, 1.165) is 12.8 Å². The minimum Gasteiger partial charge on any atom is -0.380 e. The Balaban J connectivity index is 4.73. The largest absolute Gasteiger partial charge is 0.380 e. The van der Waals surface area contributed by atoms with E-state index in [1.165, 1.54) is 141 Å². The summed E-state index contributed by atoms with van der Waals surface area (Å²) in [5.74, 6) is -0.188. The highest BCUT2D eigenvalue weighted by molar-refractivity contribution is 5.88. The summed E-state index contributed by atoms with van der Waals surface area (Å²) >= 11 is 0. The fourth-order valence-corrected chi connectivity index (χ4v) is 5.68. The van der Waals surface area contributed by atoms with Gasteiger partial charge in [0.05, 0.1) is 18.6 Å². The fraction of sp³-hybridized carbons (Fsp3) is 0.854. The molecule has 2 amide bonds. The third kappa shape index (κ3) is 29.0. The van der Waals surface area contributed by atoms with E-state index < -0.39 is 5.41 Å². The van der Waals surface area contributed by atoms with Crippen molar-refractivity contribution in [2.75, 3.05) is 54.6 Å². The number of likely N-dealkylation sites (N-methyl/N-ethyl adjacent to an activating group) is 2. The molecule has 0 bridgehead atoms. The summed E-state index contributed by atoms with van der Waals surface area (Å²) in [5.41, 5.74) is -0.689. The van der Waals surface area contributed by atoms with Crippen LogP contribution in [0, 0.1) is 5.41 Å². The number of hydrogen-bond donors (Lipinski definition) is 0. The lowest BCUT2D eigenvalue weighted by Crippen LogP contribution is -2.31. The average molecular weight is 663 g/mol. The molecule has 6 heteroatoms. The molecule has 0 N–H and O–H groups in total. The lowest BCUT2D eigenvalue weighted by molar-refractivity contribution is -0.124. The van der Waals surface area contributed by atoms with Crippen LogP contribution in [0.25, 0.3) is 0 Å². The molecular weight excluding hydrogens is 584 g/mol. The lowest BCUT2D eigenvalue weighted by atomic mass is 9.88. The highest BCUT2D eigenvalue weighted by Crippen LogP contribution is 2.25. The van der Waals surface area contributed by atoms with Gasteiger partial charge in [0.1, 0.15) is 0 Å². The van der Waals surface area contributed by atoms with Crippen LogP contribution in [-0.2, 0) is 19.1 Å². The summed E-state index contributed by atoms with van der Waals surface area (Å²) in [7, 11) is 6.98. The van der Waals surface area contributed by atoms with Gasteiger partial charge in [-0.25, -0.2) is 0 Å². The Morgan fingerprint density at radius 3 is 0.957 bits per heavy atom. The van der Waals surface area contributed by atoms with E-state index in [2.05, 4.69) is 13.8 Å². The SMILES string of the molecule is CCCCCCCCCCCCCCOCC(C=CC(=O)N(C)C)(C=CC(=O)N(C)C)COCCCCCCCCCCCCCC. The van der Waals surface area contributed by atoms with Gasteiger partial charge in [0.2, 0.25) is 11.8 Å². The van der Waals surface area contributed by atoms with Crippen LogP contribution in [0.2, 0.25) is 0 Å². The van der Waals surface area contributed by atoms with E-state index in [0.29, 0.717) is 26.4 Å². The first kappa shape index (κ1) is 45.3. The maximum absolute atomic E-state index is 12.5. The van der Waals surface area contributed by atoms with E-state index >= 15 is 0 Å². The van der Waals surface area contributed by atoms with Crippen LogP contribution in [0.3, 0.4) is 0 Å². The molecule has 0 radical (unpaired) electrons. The maximum Gasteiger partial charge on any atom is 0.245 e. The van der Waals surface area contributed by atoms with Gasteiger partial charge in [-0.15, -0.1) is 0 Å². The van der Waals surface area contributed by atoms with Gasteiger partial charge >= 0.3 is 0 Å². The molecule has 0 aromatic rings. The summed E-state index contributed by atoms with van der Waals surface area (Å²) < 4.78 is 12.4. The smallest absolute Gasteiger partial charge is 0.245 e. The molecule has 0 fully saturated rings. The standard InChI is InChI=1S/C41H78N2O4/c1-7-9-11-13-15-17-19-21-23-25-27-29-35-46-37-41(33-31-39(44)42(3)4,34-32-40(45)43(5)6)38-47-36-30-28-26-24-22-20-18-16-14-12-10-8-2/h31-34H,7-30,35-38H2,1-6H3. The number of hydrogen-bond acceptors (Lipinski definition) is 4. The van der Waals surface area contributed by atoms with Gasteiger partial charge in [-0.05, 0) is 12.8 Å². The number of carbonyl (C=O) groups is 2. The van der Waals surface area contributed by atoms with Crippen LogP contribution in [0.1, 0.15) is 168 Å². The molecule has 0 aliphatic heterocycles. The van der Waals surface area contributed by atoms with Crippen molar-refractivity contribution in [1.29, 1.82) is 0 Å². The molecule has 0 aromatic carbocycles. The predicted octanol–water partition coefficient (Wildman–Crippen LogP) is 10.7. The van der Waals surface area contributed by atoms with Gasteiger partial charge in [0.25, 0.3) is 0 Å². The van der Waals surface area contributed by atoms with Crippen LogP contribution in [-0.4, -0.2) is 76.2 Å². The zero-order valence-electron chi connectivity index (χ0n) is 32.1. The summed E-state index contributed by atoms with van der Waals surface area (Å²) in [5, 5.41) is 0. The molecule has 0 saturated heterocycles. The molecule has 0 unspecified atom stereocenters. The van der Waals surface area contributed by atoms with Crippen LogP contribution in [0.5, 0.6) is 0 Å². The number of carbonyl (C=O) groups excluding carboxylic acids is 2. The summed E-state index contributed by atoms with van der Waals surface area (Å²) in [6, 6.07) is 0. The van der Waals surface area contributed by atoms with Crippen LogP contribution < -0.4 is 0 Å². The minimum absolute atomic E-state index is 0.0939. The average Bonchev–Trinajstić information content (AvgIpc) is 3.06. The highest BCUT2D eigenvalue weighted by atomic mass is 16.5. The Hall–Kier alpha value is -1.66. The Kier molecular flexibility index (Phi) is 31.7. The monoisotopic (exact) mass is 663 g/mol. The van der Waals surface area contributed by atoms with Gasteiger partial charge in [-0.1, -0.05) is 167 Å². The van der Waals surface area contributed by atoms with E-state index in [4.69, 9.17) is 9.47 Å². The Labute approximate surface area is 292 Å². The van der Waals surface area contributed by atoms with Gasteiger partial charge in [0, 0.05) is 53.6 Å². The van der Waals surface area contributed by atoms with Crippen molar-refractivity contribution in [3.8, 4) is 0 Å². The number of nitrogens with zero attached hydrogens (tertiary/aromatic N) is 2. The number of unbranched alkanes of at least 4 members (excludes halogenated alkanes) is 22. The van der Waals surface area contributed by atoms with Crippen molar-refractivity contribution >= 4 is 11.8 Å². The molecular formula is C41H78N2O4. The lowest BCUT2D eigenvalue weighted by Gasteiger charge is -2.28. The Bertz CT molecular complexity index is 713. The molecule has 0 rings (SSSR count). The second-order valence-electron chi connectivity index (χ2n) is 14.2. The van der Waals surface area contributed by atoms with Crippen molar-refractivity contribution in [3.63, 3.8) is 0 Å². The second kappa shape index (κ2) is 32.9. The number of ether oxygens (including phenoxy) is 2. The second-order valence-corrected chi connectivity index (χ2v) is 14.2. The predicted molar refractivity (Wildman–Crippen MR) is 202 cm³/mol. The quantitative estimate of drug-likeness (QED) is 0.0508. The third-order valence-corrected chi connectivity index (χ3v) is 9.02. The van der Waals surface area contributed by atoms with Crippen molar-refractivity contribution in [3.05, 3.63) is 24.3 Å². The molecule has 0 saturated carbocycles. The van der Waals surface area contributed by atoms with E-state index in [9.17, 15) is 9.59 Å². The van der Waals surface area contributed by atoms with Gasteiger partial charge in [-0.2, -0.15) is 0 Å². The van der Waals surface area contributed by atoms with Crippen molar-refractivity contribution in [1.82, 2.24) is 9.80 Å². The maximum atomic E-state index is 12.5. The molecule has 276 valence electrons. The Morgan fingerprint density at radius 1 is 0.447 bits per heavy atom. The molecule has 6 nitrogen and oxygen atoms in total. The van der Waals surface area contributed by atoms with Gasteiger partial charge in [0.15, 0.2) is 0 Å². The zero-order chi connectivity index (χ0) is 34.9. The summed E-state index contributed by atoms with van der Waals surface area (Å²) in [4.78, 5) is 28.1. The van der Waals surface area contributed by atoms with Crippen molar-refractivity contribution < 1.29 is 19.1 Å². The molecule has 0 aromatic heterocycles. The highest BCUT2D eigenvalue weighted by Gasteiger charge is 2.26. The minimum atomic E-state index is -0.689. The number of amides is 2. The molecule has 0 atom stereocenters. The third-order valence-electron chi connectivity index (χ3n) is 9.02. The van der Waals surface area contributed by atoms with E-state index in [1.54, 1.807) is 50.1 Å². The fourth-order valence-electron chi connectivity index (χ4n) is 5.68. The van der Waals surface area contributed by atoms with Crippen molar-refractivity contribution in [2.45, 2.75) is 168 Å². The molecule has 0 aliphatic carbocycles. The summed E-state index contributed by atoms with van der Waals surface area (Å²) in [6.07, 6.45) is 38.3. The van der Waals surface area contributed by atoms with Gasteiger partial charge < -0.3 is 19.3 Å². The van der Waals surface area contributed by atoms with Crippen LogP contribution in [0.15, 0.2) is 24.3 Å². The van der Waals surface area contributed by atoms with Gasteiger partial charge in [-0.3, -0.25) is 9.59 Å². The summed E-state index contributed by atoms with van der Waals surface area (Å²) in [6.45, 7) is 6.63. The molecule has 47 heavy (non-hydrogen) atoms. The first-order valence-electron chi connectivity index (χ1n) is 19.7. The topological polar surface area (TPSA) is 59.1 Å². The zero-order valence-corrected chi connectivity index (χ0v) is 32.1. The normalized spacial score (nSPS) is 12.0. The molecule has 0 heterocycles. The van der Waals surface area contributed by atoms with Crippen LogP contribution in [0.4, 0.5) is 0 Å². The number of rotatable bonds is 34. The van der Waals surface area contributed by atoms with E-state index in [-0.39, 0.29) is 11.8 Å². The van der Waals surface area contributed by atoms with Crippen LogP contribution >= 0.6 is 0 Å². The first-order valence-corrected chi connectivity index (χ1v) is 19.7. The molecule has 0 spiro atoms.